The maximum Gasteiger partial charge on any atom is 0.150 e. The summed E-state index contributed by atoms with van der Waals surface area (Å²) in [5, 5.41) is 3.99. The third kappa shape index (κ3) is 4.32. The van der Waals surface area contributed by atoms with Crippen LogP contribution in [0.25, 0.3) is 0 Å². The average molecular weight is 245 g/mol. The van der Waals surface area contributed by atoms with E-state index in [2.05, 4.69) is 5.10 Å². The van der Waals surface area contributed by atoms with Gasteiger partial charge in [-0.05, 0) is 19.4 Å². The van der Waals surface area contributed by atoms with Crippen LogP contribution in [0.3, 0.4) is 0 Å². The van der Waals surface area contributed by atoms with Crippen molar-refractivity contribution in [2.45, 2.75) is 25.8 Å². The van der Waals surface area contributed by atoms with Gasteiger partial charge in [-0.25, -0.2) is 8.42 Å². The van der Waals surface area contributed by atoms with Gasteiger partial charge in [0.2, 0.25) is 0 Å². The standard InChI is InChI=1S/C10H19N3O2S/c1-9(11)4-7-16(14,15)8-5-10-3-6-12-13(10)2/h3,6,9H,4-5,7-8,11H2,1-2H3. The molecule has 0 bridgehead atoms. The number of aromatic nitrogens is 2. The highest BCUT2D eigenvalue weighted by atomic mass is 32.2. The predicted octanol–water partition coefficient (Wildman–Crippen LogP) is 0.115. The number of sulfone groups is 1. The summed E-state index contributed by atoms with van der Waals surface area (Å²) >= 11 is 0. The molecule has 0 saturated carbocycles. The molecular weight excluding hydrogens is 226 g/mol. The summed E-state index contributed by atoms with van der Waals surface area (Å²) < 4.78 is 25.0. The number of aryl methyl sites for hydroxylation is 2. The minimum absolute atomic E-state index is 0.0634. The Morgan fingerprint density at radius 2 is 2.19 bits per heavy atom. The number of rotatable bonds is 6. The van der Waals surface area contributed by atoms with Crippen LogP contribution in [0, 0.1) is 0 Å². The minimum Gasteiger partial charge on any atom is -0.328 e. The van der Waals surface area contributed by atoms with Crippen molar-refractivity contribution in [3.05, 3.63) is 18.0 Å². The van der Waals surface area contributed by atoms with Gasteiger partial charge >= 0.3 is 0 Å². The molecule has 0 aromatic carbocycles. The summed E-state index contributed by atoms with van der Waals surface area (Å²) in [6, 6.07) is 1.77. The highest BCUT2D eigenvalue weighted by molar-refractivity contribution is 7.91. The predicted molar refractivity (Wildman–Crippen MR) is 63.8 cm³/mol. The van der Waals surface area contributed by atoms with Crippen molar-refractivity contribution in [2.24, 2.45) is 12.8 Å². The van der Waals surface area contributed by atoms with E-state index in [9.17, 15) is 8.42 Å². The fourth-order valence-corrected chi connectivity index (χ4v) is 2.83. The maximum atomic E-state index is 11.7. The molecule has 6 heteroatoms. The third-order valence-corrected chi connectivity index (χ3v) is 4.16. The van der Waals surface area contributed by atoms with E-state index in [0.717, 1.165) is 5.69 Å². The molecular formula is C10H19N3O2S. The lowest BCUT2D eigenvalue weighted by Gasteiger charge is -2.06. The van der Waals surface area contributed by atoms with Crippen molar-refractivity contribution in [3.63, 3.8) is 0 Å². The van der Waals surface area contributed by atoms with Crippen LogP contribution in [-0.4, -0.2) is 35.7 Å². The Hall–Kier alpha value is -0.880. The molecule has 2 N–H and O–H groups in total. The van der Waals surface area contributed by atoms with Gasteiger partial charge in [-0.3, -0.25) is 4.68 Å². The van der Waals surface area contributed by atoms with Gasteiger partial charge in [0, 0.05) is 31.4 Å². The number of nitrogens with zero attached hydrogens (tertiary/aromatic N) is 2. The highest BCUT2D eigenvalue weighted by Gasteiger charge is 2.12. The molecule has 1 unspecified atom stereocenters. The largest absolute Gasteiger partial charge is 0.328 e. The van der Waals surface area contributed by atoms with E-state index in [-0.39, 0.29) is 17.5 Å². The molecule has 0 amide bonds. The van der Waals surface area contributed by atoms with E-state index in [4.69, 9.17) is 5.73 Å². The molecule has 1 atom stereocenters. The van der Waals surface area contributed by atoms with Gasteiger partial charge in [-0.1, -0.05) is 0 Å². The van der Waals surface area contributed by atoms with Crippen molar-refractivity contribution >= 4 is 9.84 Å². The third-order valence-electron chi connectivity index (χ3n) is 2.48. The van der Waals surface area contributed by atoms with Gasteiger partial charge in [0.15, 0.2) is 9.84 Å². The molecule has 1 heterocycles. The molecule has 0 fully saturated rings. The van der Waals surface area contributed by atoms with Gasteiger partial charge in [0.25, 0.3) is 0 Å². The first-order valence-corrected chi connectivity index (χ1v) is 7.16. The van der Waals surface area contributed by atoms with Gasteiger partial charge in [-0.15, -0.1) is 0 Å². The van der Waals surface area contributed by atoms with Gasteiger partial charge in [-0.2, -0.15) is 5.10 Å². The topological polar surface area (TPSA) is 78.0 Å². The summed E-state index contributed by atoms with van der Waals surface area (Å²) in [6.45, 7) is 1.82. The van der Waals surface area contributed by atoms with E-state index < -0.39 is 9.84 Å². The number of hydrogen-bond acceptors (Lipinski definition) is 4. The summed E-state index contributed by atoms with van der Waals surface area (Å²) in [6.07, 6.45) is 2.70. The SMILES string of the molecule is CC(N)CCS(=O)(=O)CCc1ccnn1C. The van der Waals surface area contributed by atoms with Crippen LogP contribution >= 0.6 is 0 Å². The molecule has 1 aromatic rings. The lowest BCUT2D eigenvalue weighted by molar-refractivity contribution is 0.585. The monoisotopic (exact) mass is 245 g/mol. The number of hydrogen-bond donors (Lipinski definition) is 1. The minimum atomic E-state index is -2.99. The fourth-order valence-electron chi connectivity index (χ4n) is 1.37. The molecule has 5 nitrogen and oxygen atoms in total. The Kier molecular flexibility index (Phi) is 4.49. The first-order valence-electron chi connectivity index (χ1n) is 5.33. The second kappa shape index (κ2) is 5.45. The van der Waals surface area contributed by atoms with Crippen molar-refractivity contribution in [2.75, 3.05) is 11.5 Å². The molecule has 16 heavy (non-hydrogen) atoms. The van der Waals surface area contributed by atoms with E-state index in [1.807, 2.05) is 20.0 Å². The molecule has 0 radical (unpaired) electrons. The molecule has 0 saturated heterocycles. The van der Waals surface area contributed by atoms with Crippen LogP contribution in [0.15, 0.2) is 12.3 Å². The quantitative estimate of drug-likeness (QED) is 0.772. The highest BCUT2D eigenvalue weighted by Crippen LogP contribution is 2.03. The van der Waals surface area contributed by atoms with Crippen LogP contribution < -0.4 is 5.73 Å². The molecule has 1 rings (SSSR count). The Labute approximate surface area is 96.6 Å². The van der Waals surface area contributed by atoms with Crippen LogP contribution in [0.1, 0.15) is 19.0 Å². The first kappa shape index (κ1) is 13.2. The summed E-state index contributed by atoms with van der Waals surface area (Å²) in [5.74, 6) is 0.335. The van der Waals surface area contributed by atoms with Crippen LogP contribution in [0.5, 0.6) is 0 Å². The Bertz CT molecular complexity index is 423. The molecule has 0 spiro atoms. The zero-order valence-corrected chi connectivity index (χ0v) is 10.6. The van der Waals surface area contributed by atoms with Crippen molar-refractivity contribution in [1.29, 1.82) is 0 Å². The molecule has 0 aliphatic carbocycles. The van der Waals surface area contributed by atoms with Crippen molar-refractivity contribution in [3.8, 4) is 0 Å². The lowest BCUT2D eigenvalue weighted by Crippen LogP contribution is -2.22. The van der Waals surface area contributed by atoms with Gasteiger partial charge in [0.1, 0.15) is 0 Å². The van der Waals surface area contributed by atoms with E-state index in [0.29, 0.717) is 12.8 Å². The Morgan fingerprint density at radius 3 is 2.69 bits per heavy atom. The normalized spacial score (nSPS) is 13.9. The van der Waals surface area contributed by atoms with Crippen LogP contribution in [0.4, 0.5) is 0 Å². The fraction of sp³-hybridized carbons (Fsp3) is 0.700. The second-order valence-electron chi connectivity index (χ2n) is 4.11. The zero-order chi connectivity index (χ0) is 12.2. The van der Waals surface area contributed by atoms with E-state index in [1.165, 1.54) is 0 Å². The molecule has 0 aliphatic rings. The lowest BCUT2D eigenvalue weighted by atomic mass is 10.3. The summed E-state index contributed by atoms with van der Waals surface area (Å²) in [5.41, 5.74) is 6.47. The molecule has 0 aliphatic heterocycles. The summed E-state index contributed by atoms with van der Waals surface area (Å²) in [7, 11) is -1.18. The zero-order valence-electron chi connectivity index (χ0n) is 9.76. The summed E-state index contributed by atoms with van der Waals surface area (Å²) in [4.78, 5) is 0. The Morgan fingerprint density at radius 1 is 1.50 bits per heavy atom. The number of nitrogens with two attached hydrogens (primary N) is 1. The first-order chi connectivity index (χ1) is 7.41. The van der Waals surface area contributed by atoms with Gasteiger partial charge in [0.05, 0.1) is 11.5 Å². The van der Waals surface area contributed by atoms with Crippen molar-refractivity contribution in [1.82, 2.24) is 9.78 Å². The van der Waals surface area contributed by atoms with Gasteiger partial charge < -0.3 is 5.73 Å². The molecule has 92 valence electrons. The second-order valence-corrected chi connectivity index (χ2v) is 6.42. The smallest absolute Gasteiger partial charge is 0.150 e. The Balaban J connectivity index is 2.45. The molecule has 1 aromatic heterocycles. The van der Waals surface area contributed by atoms with Crippen LogP contribution in [0.2, 0.25) is 0 Å². The van der Waals surface area contributed by atoms with Crippen molar-refractivity contribution < 1.29 is 8.42 Å². The average Bonchev–Trinajstić information content (AvgIpc) is 2.59. The van der Waals surface area contributed by atoms with Crippen LogP contribution in [-0.2, 0) is 23.3 Å². The van der Waals surface area contributed by atoms with E-state index >= 15 is 0 Å². The van der Waals surface area contributed by atoms with E-state index in [1.54, 1.807) is 10.9 Å². The maximum absolute atomic E-state index is 11.7.